The van der Waals surface area contributed by atoms with Crippen LogP contribution in [-0.2, 0) is 6.54 Å². The van der Waals surface area contributed by atoms with Gasteiger partial charge in [-0.15, -0.1) is 0 Å². The third-order valence-electron chi connectivity index (χ3n) is 1.59. The molecule has 0 aromatic carbocycles. The molecule has 2 rings (SSSR count). The average molecular weight is 212 g/mol. The van der Waals surface area contributed by atoms with E-state index >= 15 is 0 Å². The highest BCUT2D eigenvalue weighted by Crippen LogP contribution is 2.05. The van der Waals surface area contributed by atoms with Crippen LogP contribution < -0.4 is 5.43 Å². The van der Waals surface area contributed by atoms with E-state index in [1.165, 1.54) is 5.56 Å². The van der Waals surface area contributed by atoms with Gasteiger partial charge in [-0.1, -0.05) is 0 Å². The van der Waals surface area contributed by atoms with Crippen LogP contribution in [0.15, 0.2) is 23.2 Å². The van der Waals surface area contributed by atoms with Crippen LogP contribution in [0.3, 0.4) is 0 Å². The fourth-order valence-corrected chi connectivity index (χ4v) is 1.76. The van der Waals surface area contributed by atoms with Gasteiger partial charge in [0.05, 0.1) is 6.54 Å². The largest absolute Gasteiger partial charge is 0.318 e. The lowest BCUT2D eigenvalue weighted by Gasteiger charge is -2.03. The Hall–Kier alpha value is -1.14. The molecule has 0 unspecified atom stereocenters. The zero-order chi connectivity index (χ0) is 9.10. The second kappa shape index (κ2) is 3.71. The molecule has 2 aromatic rings. The van der Waals surface area contributed by atoms with Crippen molar-refractivity contribution in [2.24, 2.45) is 0 Å². The van der Waals surface area contributed by atoms with Crippen LogP contribution in [0.2, 0.25) is 0 Å². The van der Waals surface area contributed by atoms with Crippen LogP contribution in [0, 0.1) is 4.77 Å². The Labute approximate surface area is 84.2 Å². The Morgan fingerprint density at radius 1 is 1.69 bits per heavy atom. The SMILES string of the molecule is S=c1[nH]ncn1NCc1ccsc1. The van der Waals surface area contributed by atoms with Gasteiger partial charge < -0.3 is 5.43 Å². The molecule has 13 heavy (non-hydrogen) atoms. The third kappa shape index (κ3) is 1.96. The van der Waals surface area contributed by atoms with E-state index < -0.39 is 0 Å². The molecule has 0 spiro atoms. The molecule has 0 aliphatic rings. The topological polar surface area (TPSA) is 45.6 Å². The van der Waals surface area contributed by atoms with Gasteiger partial charge in [0.15, 0.2) is 0 Å². The van der Waals surface area contributed by atoms with Crippen molar-refractivity contribution in [3.8, 4) is 0 Å². The van der Waals surface area contributed by atoms with E-state index in [9.17, 15) is 0 Å². The van der Waals surface area contributed by atoms with Crippen LogP contribution in [-0.4, -0.2) is 14.9 Å². The Bertz CT molecular complexity index is 414. The molecule has 2 aromatic heterocycles. The lowest BCUT2D eigenvalue weighted by Crippen LogP contribution is -2.12. The Morgan fingerprint density at radius 3 is 3.23 bits per heavy atom. The fraction of sp³-hybridized carbons (Fsp3) is 0.143. The number of H-pyrrole nitrogens is 1. The van der Waals surface area contributed by atoms with Gasteiger partial charge >= 0.3 is 0 Å². The number of hydrogen-bond acceptors (Lipinski definition) is 4. The summed E-state index contributed by atoms with van der Waals surface area (Å²) < 4.78 is 2.27. The summed E-state index contributed by atoms with van der Waals surface area (Å²) in [7, 11) is 0. The van der Waals surface area contributed by atoms with Crippen LogP contribution in [0.25, 0.3) is 0 Å². The molecule has 2 heterocycles. The van der Waals surface area contributed by atoms with E-state index in [4.69, 9.17) is 12.2 Å². The normalized spacial score (nSPS) is 10.2. The minimum atomic E-state index is 0.579. The van der Waals surface area contributed by atoms with Gasteiger partial charge in [-0.25, -0.2) is 4.68 Å². The van der Waals surface area contributed by atoms with Gasteiger partial charge in [0, 0.05) is 0 Å². The van der Waals surface area contributed by atoms with Crippen molar-refractivity contribution in [1.82, 2.24) is 14.9 Å². The Kier molecular flexibility index (Phi) is 2.42. The molecule has 0 saturated carbocycles. The van der Waals surface area contributed by atoms with Gasteiger partial charge in [0.25, 0.3) is 0 Å². The molecule has 0 radical (unpaired) electrons. The minimum absolute atomic E-state index is 0.579. The first kappa shape index (κ1) is 8.46. The fourth-order valence-electron chi connectivity index (χ4n) is 0.930. The summed E-state index contributed by atoms with van der Waals surface area (Å²) >= 11 is 6.65. The highest BCUT2D eigenvalue weighted by Gasteiger charge is 1.93. The molecule has 6 heteroatoms. The maximum absolute atomic E-state index is 4.97. The maximum Gasteiger partial charge on any atom is 0.214 e. The third-order valence-corrected chi connectivity index (χ3v) is 2.61. The van der Waals surface area contributed by atoms with Crippen LogP contribution >= 0.6 is 23.6 Å². The van der Waals surface area contributed by atoms with Gasteiger partial charge in [0.2, 0.25) is 4.77 Å². The molecule has 0 bridgehead atoms. The quantitative estimate of drug-likeness (QED) is 0.762. The summed E-state index contributed by atoms with van der Waals surface area (Å²) in [5.41, 5.74) is 4.36. The van der Waals surface area contributed by atoms with E-state index in [-0.39, 0.29) is 0 Å². The Morgan fingerprint density at radius 2 is 2.62 bits per heavy atom. The molecule has 0 saturated heterocycles. The number of nitrogens with one attached hydrogen (secondary N) is 2. The first-order valence-electron chi connectivity index (χ1n) is 3.73. The van der Waals surface area contributed by atoms with Crippen molar-refractivity contribution >= 4 is 23.6 Å². The van der Waals surface area contributed by atoms with Crippen molar-refractivity contribution < 1.29 is 0 Å². The first-order valence-corrected chi connectivity index (χ1v) is 5.08. The standard InChI is InChI=1S/C7H8N4S2/c12-7-10-8-5-11(7)9-3-6-1-2-13-4-6/h1-2,4-5,9H,3H2,(H,10,12). The predicted molar refractivity (Wildman–Crippen MR) is 54.8 cm³/mol. The van der Waals surface area contributed by atoms with Crippen molar-refractivity contribution in [2.45, 2.75) is 6.54 Å². The van der Waals surface area contributed by atoms with Crippen molar-refractivity contribution in [3.05, 3.63) is 33.5 Å². The molecule has 68 valence electrons. The number of aromatic amines is 1. The van der Waals surface area contributed by atoms with Crippen molar-refractivity contribution in [1.29, 1.82) is 0 Å². The number of hydrogen-bond donors (Lipinski definition) is 2. The summed E-state index contributed by atoms with van der Waals surface area (Å²) in [5.74, 6) is 0. The molecule has 2 N–H and O–H groups in total. The van der Waals surface area contributed by atoms with Gasteiger partial charge in [0.1, 0.15) is 6.33 Å². The molecule has 0 aliphatic carbocycles. The molecule has 0 amide bonds. The van der Waals surface area contributed by atoms with E-state index in [1.54, 1.807) is 22.3 Å². The highest BCUT2D eigenvalue weighted by atomic mass is 32.1. The maximum atomic E-state index is 4.97. The van der Waals surface area contributed by atoms with Gasteiger partial charge in [-0.05, 0) is 34.6 Å². The summed E-state index contributed by atoms with van der Waals surface area (Å²) in [4.78, 5) is 0. The number of nitrogens with zero attached hydrogens (tertiary/aromatic N) is 2. The zero-order valence-electron chi connectivity index (χ0n) is 6.73. The summed E-state index contributed by atoms with van der Waals surface area (Å²) in [6.45, 7) is 0.761. The lowest BCUT2D eigenvalue weighted by molar-refractivity contribution is 0.826. The second-order valence-corrected chi connectivity index (χ2v) is 3.66. The van der Waals surface area contributed by atoms with Gasteiger partial charge in [-0.3, -0.25) is 5.10 Å². The number of rotatable bonds is 3. The zero-order valence-corrected chi connectivity index (χ0v) is 8.36. The van der Waals surface area contributed by atoms with E-state index in [2.05, 4.69) is 27.1 Å². The average Bonchev–Trinajstić information content (AvgIpc) is 2.72. The molecule has 0 aliphatic heterocycles. The highest BCUT2D eigenvalue weighted by molar-refractivity contribution is 7.71. The van der Waals surface area contributed by atoms with Crippen LogP contribution in [0.1, 0.15) is 5.56 Å². The smallest absolute Gasteiger partial charge is 0.214 e. The summed E-state index contributed by atoms with van der Waals surface area (Å²) in [6.07, 6.45) is 1.62. The first-order chi connectivity index (χ1) is 6.36. The second-order valence-electron chi connectivity index (χ2n) is 2.50. The van der Waals surface area contributed by atoms with Crippen molar-refractivity contribution in [2.75, 3.05) is 5.43 Å². The lowest BCUT2D eigenvalue weighted by atomic mass is 10.3. The van der Waals surface area contributed by atoms with E-state index in [0.717, 1.165) is 6.54 Å². The van der Waals surface area contributed by atoms with Crippen LogP contribution in [0.5, 0.6) is 0 Å². The molecular formula is C7H8N4S2. The molecular weight excluding hydrogens is 204 g/mol. The molecule has 0 fully saturated rings. The molecule has 0 atom stereocenters. The number of aromatic nitrogens is 3. The van der Waals surface area contributed by atoms with E-state index in [1.807, 2.05) is 5.38 Å². The van der Waals surface area contributed by atoms with E-state index in [0.29, 0.717) is 4.77 Å². The predicted octanol–water partition coefficient (Wildman–Crippen LogP) is 1.75. The summed E-state index contributed by atoms with van der Waals surface area (Å²) in [5, 5.41) is 10.6. The van der Waals surface area contributed by atoms with Crippen molar-refractivity contribution in [3.63, 3.8) is 0 Å². The summed E-state index contributed by atoms with van der Waals surface area (Å²) in [6, 6.07) is 2.07. The molecule has 4 nitrogen and oxygen atoms in total. The Balaban J connectivity index is 2.01. The minimum Gasteiger partial charge on any atom is -0.318 e. The van der Waals surface area contributed by atoms with Gasteiger partial charge in [-0.2, -0.15) is 16.4 Å². The van der Waals surface area contributed by atoms with Crippen LogP contribution in [0.4, 0.5) is 0 Å². The monoisotopic (exact) mass is 212 g/mol. The number of thiophene rings is 1.